The number of benzene rings is 1. The number of carboxylic acids is 1. The van der Waals surface area contributed by atoms with Crippen LogP contribution in [0.1, 0.15) is 39.9 Å². The highest BCUT2D eigenvalue weighted by molar-refractivity contribution is 5.88. The molecule has 0 amide bonds. The number of hydrogen-bond donors (Lipinski definition) is 1. The van der Waals surface area contributed by atoms with Gasteiger partial charge in [-0.25, -0.2) is 4.79 Å². The van der Waals surface area contributed by atoms with Crippen molar-refractivity contribution in [3.8, 4) is 11.3 Å². The first-order valence-corrected chi connectivity index (χ1v) is 6.97. The standard InChI is InChI=1S/C17H17NO3/c1-9-4-5-11-7-10(2)12-8-14(17(20)21)16(19)18(3)15(12)13(11)6-9/h4-6,8,10H,7H2,1-3H3,(H,20,21)/t10-/m1/s1. The number of carbonyl (C=O) groups is 1. The summed E-state index contributed by atoms with van der Waals surface area (Å²) in [6, 6.07) is 7.79. The number of pyridine rings is 1. The van der Waals surface area contributed by atoms with E-state index in [0.29, 0.717) is 0 Å². The maximum atomic E-state index is 12.3. The molecule has 0 spiro atoms. The van der Waals surface area contributed by atoms with Gasteiger partial charge in [0.15, 0.2) is 0 Å². The molecule has 1 aliphatic rings. The summed E-state index contributed by atoms with van der Waals surface area (Å²) in [4.78, 5) is 23.5. The molecule has 4 nitrogen and oxygen atoms in total. The zero-order chi connectivity index (χ0) is 15.3. The molecular weight excluding hydrogens is 266 g/mol. The Bertz CT molecular complexity index is 818. The maximum Gasteiger partial charge on any atom is 0.341 e. The van der Waals surface area contributed by atoms with E-state index in [1.165, 1.54) is 10.1 Å². The highest BCUT2D eigenvalue weighted by Crippen LogP contribution is 2.39. The van der Waals surface area contributed by atoms with Gasteiger partial charge in [0.2, 0.25) is 0 Å². The number of carboxylic acid groups (broad SMARTS) is 1. The first-order chi connectivity index (χ1) is 9.90. The van der Waals surface area contributed by atoms with Crippen molar-refractivity contribution in [1.82, 2.24) is 4.57 Å². The summed E-state index contributed by atoms with van der Waals surface area (Å²) < 4.78 is 1.48. The fraction of sp³-hybridized carbons (Fsp3) is 0.294. The van der Waals surface area contributed by atoms with E-state index < -0.39 is 11.5 Å². The largest absolute Gasteiger partial charge is 0.477 e. The molecule has 1 aromatic carbocycles. The van der Waals surface area contributed by atoms with Crippen molar-refractivity contribution in [3.05, 3.63) is 56.9 Å². The van der Waals surface area contributed by atoms with Crippen molar-refractivity contribution in [2.24, 2.45) is 7.05 Å². The van der Waals surface area contributed by atoms with Crippen LogP contribution in [0.3, 0.4) is 0 Å². The minimum Gasteiger partial charge on any atom is -0.477 e. The van der Waals surface area contributed by atoms with Crippen LogP contribution in [0, 0.1) is 6.92 Å². The van der Waals surface area contributed by atoms with E-state index in [1.54, 1.807) is 13.1 Å². The molecule has 0 fully saturated rings. The first kappa shape index (κ1) is 13.6. The van der Waals surface area contributed by atoms with Crippen LogP contribution in [0.2, 0.25) is 0 Å². The van der Waals surface area contributed by atoms with Crippen LogP contribution in [-0.4, -0.2) is 15.6 Å². The molecule has 0 unspecified atom stereocenters. The van der Waals surface area contributed by atoms with Crippen LogP contribution < -0.4 is 5.56 Å². The predicted molar refractivity (Wildman–Crippen MR) is 80.9 cm³/mol. The molecule has 108 valence electrons. The van der Waals surface area contributed by atoms with Crippen molar-refractivity contribution in [1.29, 1.82) is 0 Å². The summed E-state index contributed by atoms with van der Waals surface area (Å²) in [5.41, 5.74) is 4.55. The van der Waals surface area contributed by atoms with E-state index in [0.717, 1.165) is 28.8 Å². The molecule has 2 aromatic rings. The van der Waals surface area contributed by atoms with Crippen molar-refractivity contribution in [2.45, 2.75) is 26.2 Å². The Kier molecular flexibility index (Phi) is 2.97. The fourth-order valence-corrected chi connectivity index (χ4v) is 3.16. The summed E-state index contributed by atoms with van der Waals surface area (Å²) >= 11 is 0. The zero-order valence-electron chi connectivity index (χ0n) is 12.3. The molecule has 0 aliphatic heterocycles. The molecule has 1 atom stereocenters. The van der Waals surface area contributed by atoms with Crippen LogP contribution in [0.5, 0.6) is 0 Å². The van der Waals surface area contributed by atoms with Crippen molar-refractivity contribution < 1.29 is 9.90 Å². The number of aryl methyl sites for hydroxylation is 1. The van der Waals surface area contributed by atoms with Gasteiger partial charge in [0.05, 0.1) is 5.69 Å². The predicted octanol–water partition coefficient (Wildman–Crippen LogP) is 2.72. The minimum atomic E-state index is -1.17. The third-order valence-corrected chi connectivity index (χ3v) is 4.25. The van der Waals surface area contributed by atoms with E-state index >= 15 is 0 Å². The molecule has 0 radical (unpaired) electrons. The first-order valence-electron chi connectivity index (χ1n) is 6.97. The third kappa shape index (κ3) is 1.98. The average Bonchev–Trinajstić information content (AvgIpc) is 2.42. The molecule has 21 heavy (non-hydrogen) atoms. The van der Waals surface area contributed by atoms with Gasteiger partial charge in [-0.15, -0.1) is 0 Å². The second-order valence-corrected chi connectivity index (χ2v) is 5.80. The number of nitrogens with zero attached hydrogens (tertiary/aromatic N) is 1. The van der Waals surface area contributed by atoms with Crippen LogP contribution >= 0.6 is 0 Å². The molecule has 1 N–H and O–H groups in total. The van der Waals surface area contributed by atoms with Gasteiger partial charge in [0.1, 0.15) is 5.56 Å². The lowest BCUT2D eigenvalue weighted by atomic mass is 9.81. The Morgan fingerprint density at radius 1 is 1.33 bits per heavy atom. The number of fused-ring (bicyclic) bond motifs is 3. The summed E-state index contributed by atoms with van der Waals surface area (Å²) in [6.45, 7) is 4.08. The van der Waals surface area contributed by atoms with Gasteiger partial charge in [-0.3, -0.25) is 4.79 Å². The lowest BCUT2D eigenvalue weighted by molar-refractivity contribution is 0.0694. The van der Waals surface area contributed by atoms with Gasteiger partial charge in [-0.2, -0.15) is 0 Å². The summed E-state index contributed by atoms with van der Waals surface area (Å²) in [6.07, 6.45) is 0.861. The smallest absolute Gasteiger partial charge is 0.341 e. The van der Waals surface area contributed by atoms with E-state index in [4.69, 9.17) is 0 Å². The number of aromatic carboxylic acids is 1. The second-order valence-electron chi connectivity index (χ2n) is 5.80. The molecular formula is C17H17NO3. The second kappa shape index (κ2) is 4.58. The summed E-state index contributed by atoms with van der Waals surface area (Å²) in [7, 11) is 1.65. The topological polar surface area (TPSA) is 59.3 Å². The van der Waals surface area contributed by atoms with Gasteiger partial charge in [0.25, 0.3) is 5.56 Å². The van der Waals surface area contributed by atoms with Crippen molar-refractivity contribution >= 4 is 5.97 Å². The summed E-state index contributed by atoms with van der Waals surface area (Å²) in [5, 5.41) is 9.20. The van der Waals surface area contributed by atoms with Gasteiger partial charge in [-0.05, 0) is 42.5 Å². The third-order valence-electron chi connectivity index (χ3n) is 4.25. The quantitative estimate of drug-likeness (QED) is 0.875. The van der Waals surface area contributed by atoms with E-state index in [2.05, 4.69) is 25.1 Å². The van der Waals surface area contributed by atoms with Crippen molar-refractivity contribution in [3.63, 3.8) is 0 Å². The van der Waals surface area contributed by atoms with Gasteiger partial charge in [-0.1, -0.05) is 24.6 Å². The molecule has 3 rings (SSSR count). The Morgan fingerprint density at radius 3 is 2.71 bits per heavy atom. The molecule has 0 saturated carbocycles. The van der Waals surface area contributed by atoms with Gasteiger partial charge >= 0.3 is 5.97 Å². The number of rotatable bonds is 1. The highest BCUT2D eigenvalue weighted by atomic mass is 16.4. The minimum absolute atomic E-state index is 0.154. The zero-order valence-corrected chi connectivity index (χ0v) is 12.3. The van der Waals surface area contributed by atoms with Crippen molar-refractivity contribution in [2.75, 3.05) is 0 Å². The monoisotopic (exact) mass is 283 g/mol. The SMILES string of the molecule is Cc1ccc2c(c1)-c1c(cc(C(=O)O)c(=O)n1C)[C@H](C)C2. The van der Waals surface area contributed by atoms with Crippen LogP contribution in [0.15, 0.2) is 29.1 Å². The Hall–Kier alpha value is -2.36. The fourth-order valence-electron chi connectivity index (χ4n) is 3.16. The highest BCUT2D eigenvalue weighted by Gasteiger charge is 2.27. The summed E-state index contributed by atoms with van der Waals surface area (Å²) in [5.74, 6) is -0.972. The maximum absolute atomic E-state index is 12.3. The number of hydrogen-bond acceptors (Lipinski definition) is 2. The molecule has 0 saturated heterocycles. The lowest BCUT2D eigenvalue weighted by Gasteiger charge is -2.27. The Labute approximate surface area is 122 Å². The average molecular weight is 283 g/mol. The van der Waals surface area contributed by atoms with E-state index in [-0.39, 0.29) is 11.5 Å². The van der Waals surface area contributed by atoms with Crippen LogP contribution in [-0.2, 0) is 13.5 Å². The molecule has 1 heterocycles. The molecule has 1 aliphatic carbocycles. The molecule has 1 aromatic heterocycles. The normalized spacial score (nSPS) is 16.2. The van der Waals surface area contributed by atoms with Crippen LogP contribution in [0.25, 0.3) is 11.3 Å². The molecule has 0 bridgehead atoms. The molecule has 4 heteroatoms. The number of aromatic nitrogens is 1. The van der Waals surface area contributed by atoms with E-state index in [1.807, 2.05) is 6.92 Å². The van der Waals surface area contributed by atoms with Gasteiger partial charge < -0.3 is 9.67 Å². The Morgan fingerprint density at radius 2 is 2.05 bits per heavy atom. The van der Waals surface area contributed by atoms with Crippen LogP contribution in [0.4, 0.5) is 0 Å². The lowest BCUT2D eigenvalue weighted by Crippen LogP contribution is -2.29. The Balaban J connectivity index is 2.40. The van der Waals surface area contributed by atoms with Gasteiger partial charge in [0, 0.05) is 12.6 Å². The van der Waals surface area contributed by atoms with E-state index in [9.17, 15) is 14.7 Å².